The Hall–Kier alpha value is -1.69. The molecule has 2 unspecified atom stereocenters. The molecule has 1 aliphatic rings. The third kappa shape index (κ3) is 3.25. The van der Waals surface area contributed by atoms with E-state index >= 15 is 0 Å². The van der Waals surface area contributed by atoms with Crippen molar-refractivity contribution in [2.75, 3.05) is 19.0 Å². The molecule has 0 bridgehead atoms. The van der Waals surface area contributed by atoms with Gasteiger partial charge in [0.05, 0.1) is 13.2 Å². The van der Waals surface area contributed by atoms with Gasteiger partial charge < -0.3 is 15.2 Å². The minimum atomic E-state index is -0.501. The molecule has 0 aliphatic heterocycles. The highest BCUT2D eigenvalue weighted by molar-refractivity contribution is 5.86. The van der Waals surface area contributed by atoms with Crippen molar-refractivity contribution in [3.05, 3.63) is 17.8 Å². The maximum absolute atomic E-state index is 11.2. The zero-order valence-electron chi connectivity index (χ0n) is 11.9. The maximum atomic E-state index is 11.2. The molecule has 2 atom stereocenters. The molecule has 2 rings (SSSR count). The van der Waals surface area contributed by atoms with Gasteiger partial charge in [-0.2, -0.15) is 0 Å². The van der Waals surface area contributed by atoms with E-state index in [4.69, 9.17) is 0 Å². The molecule has 1 aromatic heterocycles. The van der Waals surface area contributed by atoms with Crippen LogP contribution in [0.5, 0.6) is 0 Å². The summed E-state index contributed by atoms with van der Waals surface area (Å²) in [5.74, 6) is 0.0929. The Bertz CT molecular complexity index is 463. The predicted molar refractivity (Wildman–Crippen MR) is 74.4 cm³/mol. The number of aliphatic hydroxyl groups excluding tert-OH is 1. The summed E-state index contributed by atoms with van der Waals surface area (Å²) < 4.78 is 4.57. The van der Waals surface area contributed by atoms with Crippen LogP contribution >= 0.6 is 0 Å². The van der Waals surface area contributed by atoms with Gasteiger partial charge in [0.15, 0.2) is 5.69 Å². The van der Waals surface area contributed by atoms with Gasteiger partial charge in [-0.25, -0.2) is 4.79 Å². The summed E-state index contributed by atoms with van der Waals surface area (Å²) in [5.41, 5.74) is 0.0444. The zero-order chi connectivity index (χ0) is 14.6. The van der Waals surface area contributed by atoms with Gasteiger partial charge in [-0.3, -0.25) is 0 Å². The third-order valence-corrected chi connectivity index (χ3v) is 4.01. The van der Waals surface area contributed by atoms with Crippen LogP contribution in [-0.2, 0) is 4.74 Å². The number of methoxy groups -OCH3 is 1. The zero-order valence-corrected chi connectivity index (χ0v) is 11.9. The number of esters is 1. The lowest BCUT2D eigenvalue weighted by Crippen LogP contribution is -2.41. The molecule has 6 nitrogen and oxygen atoms in total. The molecule has 1 heterocycles. The molecule has 0 saturated heterocycles. The van der Waals surface area contributed by atoms with Gasteiger partial charge in [0.1, 0.15) is 5.82 Å². The summed E-state index contributed by atoms with van der Waals surface area (Å²) in [7, 11) is 1.31. The number of hydrogen-bond donors (Lipinski definition) is 2. The van der Waals surface area contributed by atoms with Crippen LogP contribution in [0.4, 0.5) is 5.82 Å². The van der Waals surface area contributed by atoms with Crippen LogP contribution in [0.3, 0.4) is 0 Å². The van der Waals surface area contributed by atoms with Gasteiger partial charge in [-0.15, -0.1) is 10.2 Å². The molecule has 1 saturated carbocycles. The van der Waals surface area contributed by atoms with E-state index in [1.165, 1.54) is 7.11 Å². The first-order valence-corrected chi connectivity index (χ1v) is 6.89. The fraction of sp³-hybridized carbons (Fsp3) is 0.643. The monoisotopic (exact) mass is 279 g/mol. The highest BCUT2D eigenvalue weighted by atomic mass is 16.5. The molecule has 2 N–H and O–H groups in total. The molecular weight excluding hydrogens is 258 g/mol. The number of anilines is 1. The van der Waals surface area contributed by atoms with Crippen LogP contribution < -0.4 is 5.32 Å². The molecule has 0 spiro atoms. The molecular formula is C14H21N3O3. The fourth-order valence-electron chi connectivity index (χ4n) is 2.52. The number of hydrogen-bond acceptors (Lipinski definition) is 6. The average molecular weight is 279 g/mol. The van der Waals surface area contributed by atoms with Crippen LogP contribution in [0.15, 0.2) is 12.1 Å². The number of aliphatic hydroxyl groups is 1. The molecule has 6 heteroatoms. The molecule has 1 fully saturated rings. The largest absolute Gasteiger partial charge is 0.464 e. The smallest absolute Gasteiger partial charge is 0.358 e. The van der Waals surface area contributed by atoms with Crippen LogP contribution in [0, 0.1) is 5.41 Å². The van der Waals surface area contributed by atoms with Crippen molar-refractivity contribution in [1.29, 1.82) is 0 Å². The van der Waals surface area contributed by atoms with Crippen molar-refractivity contribution in [2.24, 2.45) is 5.41 Å². The third-order valence-electron chi connectivity index (χ3n) is 4.01. The van der Waals surface area contributed by atoms with E-state index in [0.29, 0.717) is 12.4 Å². The Morgan fingerprint density at radius 1 is 1.50 bits per heavy atom. The minimum absolute atomic E-state index is 0.138. The van der Waals surface area contributed by atoms with Gasteiger partial charge in [0.2, 0.25) is 0 Å². The highest BCUT2D eigenvalue weighted by Gasteiger charge is 2.35. The summed E-state index contributed by atoms with van der Waals surface area (Å²) in [4.78, 5) is 11.2. The molecule has 20 heavy (non-hydrogen) atoms. The number of carbonyl (C=O) groups is 1. The van der Waals surface area contributed by atoms with Crippen LogP contribution in [0.1, 0.15) is 43.1 Å². The first kappa shape index (κ1) is 14.7. The second kappa shape index (κ2) is 6.17. The molecule has 1 aliphatic carbocycles. The summed E-state index contributed by atoms with van der Waals surface area (Å²) in [6.07, 6.45) is 3.79. The summed E-state index contributed by atoms with van der Waals surface area (Å²) in [6.45, 7) is 2.72. The quantitative estimate of drug-likeness (QED) is 0.815. The lowest BCUT2D eigenvalue weighted by Gasteiger charge is -2.38. The Morgan fingerprint density at radius 3 is 2.90 bits per heavy atom. The van der Waals surface area contributed by atoms with Crippen LogP contribution in [0.2, 0.25) is 0 Å². The van der Waals surface area contributed by atoms with Crippen molar-refractivity contribution >= 4 is 11.8 Å². The van der Waals surface area contributed by atoms with E-state index < -0.39 is 5.97 Å². The van der Waals surface area contributed by atoms with E-state index in [-0.39, 0.29) is 17.2 Å². The van der Waals surface area contributed by atoms with Gasteiger partial charge in [0, 0.05) is 12.0 Å². The van der Waals surface area contributed by atoms with Crippen molar-refractivity contribution in [1.82, 2.24) is 10.2 Å². The summed E-state index contributed by atoms with van der Waals surface area (Å²) >= 11 is 0. The number of nitrogens with zero attached hydrogens (tertiary/aromatic N) is 2. The average Bonchev–Trinajstić information content (AvgIpc) is 2.48. The molecule has 0 aromatic carbocycles. The van der Waals surface area contributed by atoms with Gasteiger partial charge in [0.25, 0.3) is 0 Å². The SMILES string of the molecule is COC(=O)c1ccc(NCC2(C)CCCCC2O)nn1. The van der Waals surface area contributed by atoms with Crippen molar-refractivity contribution in [3.63, 3.8) is 0 Å². The molecule has 0 amide bonds. The lowest BCUT2D eigenvalue weighted by atomic mass is 9.73. The van der Waals surface area contributed by atoms with Gasteiger partial charge in [-0.05, 0) is 25.0 Å². The van der Waals surface area contributed by atoms with Gasteiger partial charge in [-0.1, -0.05) is 19.8 Å². The van der Waals surface area contributed by atoms with Crippen molar-refractivity contribution < 1.29 is 14.6 Å². The fourth-order valence-corrected chi connectivity index (χ4v) is 2.52. The number of ether oxygens (including phenoxy) is 1. The second-order valence-corrected chi connectivity index (χ2v) is 5.56. The molecule has 110 valence electrons. The van der Waals surface area contributed by atoms with Crippen LogP contribution in [-0.4, -0.2) is 41.0 Å². The summed E-state index contributed by atoms with van der Waals surface area (Å²) in [6, 6.07) is 3.26. The van der Waals surface area contributed by atoms with E-state index in [9.17, 15) is 9.90 Å². The van der Waals surface area contributed by atoms with E-state index in [2.05, 4.69) is 27.2 Å². The van der Waals surface area contributed by atoms with Crippen molar-refractivity contribution in [2.45, 2.75) is 38.7 Å². The molecule has 1 aromatic rings. The Morgan fingerprint density at radius 2 is 2.30 bits per heavy atom. The first-order chi connectivity index (χ1) is 9.55. The number of aromatic nitrogens is 2. The van der Waals surface area contributed by atoms with E-state index in [0.717, 1.165) is 25.7 Å². The standard InChI is InChI=1S/C14H21N3O3/c1-14(8-4-3-5-11(14)18)9-15-12-7-6-10(16-17-12)13(19)20-2/h6-7,11,18H,3-5,8-9H2,1-2H3,(H,15,17). The van der Waals surface area contributed by atoms with E-state index in [1.807, 2.05) is 0 Å². The van der Waals surface area contributed by atoms with E-state index in [1.54, 1.807) is 12.1 Å². The summed E-state index contributed by atoms with van der Waals surface area (Å²) in [5, 5.41) is 21.1. The maximum Gasteiger partial charge on any atom is 0.358 e. The predicted octanol–water partition coefficient (Wildman–Crippen LogP) is 1.62. The normalized spacial score (nSPS) is 26.1. The molecule has 0 radical (unpaired) electrons. The number of rotatable bonds is 4. The minimum Gasteiger partial charge on any atom is -0.464 e. The van der Waals surface area contributed by atoms with Crippen molar-refractivity contribution in [3.8, 4) is 0 Å². The van der Waals surface area contributed by atoms with Gasteiger partial charge >= 0.3 is 5.97 Å². The highest BCUT2D eigenvalue weighted by Crippen LogP contribution is 2.36. The first-order valence-electron chi connectivity index (χ1n) is 6.89. The van der Waals surface area contributed by atoms with Crippen LogP contribution in [0.25, 0.3) is 0 Å². The second-order valence-electron chi connectivity index (χ2n) is 5.56. The lowest BCUT2D eigenvalue weighted by molar-refractivity contribution is 0.00957. The number of nitrogens with one attached hydrogen (secondary N) is 1. The topological polar surface area (TPSA) is 84.3 Å². The Labute approximate surface area is 118 Å². The Balaban J connectivity index is 1.95. The Kier molecular flexibility index (Phi) is 4.54. The number of carbonyl (C=O) groups excluding carboxylic acids is 1.